The number of hydrogen-bond donors (Lipinski definition) is 1. The lowest BCUT2D eigenvalue weighted by Gasteiger charge is -2.28. The SMILES string of the molecule is CC(C)(C)OC(=O)n1cccc1-c1ccc2c(c1)C(C)(c1ccco1)OCC(=O)N2. The van der Waals surface area contributed by atoms with Crippen LogP contribution in [0, 0.1) is 0 Å². The van der Waals surface area contributed by atoms with Crippen LogP contribution in [-0.4, -0.2) is 28.8 Å². The normalized spacial score (nSPS) is 19.0. The molecule has 7 nitrogen and oxygen atoms in total. The lowest BCUT2D eigenvalue weighted by molar-refractivity contribution is -0.125. The maximum absolute atomic E-state index is 12.7. The molecule has 1 N–H and O–H groups in total. The average Bonchev–Trinajstić information content (AvgIpc) is 3.35. The first-order chi connectivity index (χ1) is 14.2. The number of nitrogens with one attached hydrogen (secondary N) is 1. The lowest BCUT2D eigenvalue weighted by Crippen LogP contribution is -2.28. The molecule has 3 heterocycles. The van der Waals surface area contributed by atoms with Gasteiger partial charge in [0, 0.05) is 17.4 Å². The van der Waals surface area contributed by atoms with Gasteiger partial charge in [0.25, 0.3) is 0 Å². The first-order valence-electron chi connectivity index (χ1n) is 9.71. The first-order valence-corrected chi connectivity index (χ1v) is 9.71. The van der Waals surface area contributed by atoms with Gasteiger partial charge in [0.15, 0.2) is 5.60 Å². The topological polar surface area (TPSA) is 82.7 Å². The molecule has 30 heavy (non-hydrogen) atoms. The van der Waals surface area contributed by atoms with Crippen molar-refractivity contribution in [3.8, 4) is 11.3 Å². The van der Waals surface area contributed by atoms with Crippen molar-refractivity contribution in [2.45, 2.75) is 38.9 Å². The quantitative estimate of drug-likeness (QED) is 0.661. The van der Waals surface area contributed by atoms with E-state index in [2.05, 4.69) is 5.32 Å². The van der Waals surface area contributed by atoms with E-state index in [1.54, 1.807) is 24.6 Å². The van der Waals surface area contributed by atoms with Crippen LogP contribution in [0.25, 0.3) is 11.3 Å². The van der Waals surface area contributed by atoms with Crippen LogP contribution in [0.5, 0.6) is 0 Å². The van der Waals surface area contributed by atoms with Crippen LogP contribution in [0.2, 0.25) is 0 Å². The number of ether oxygens (including phenoxy) is 2. The summed E-state index contributed by atoms with van der Waals surface area (Å²) in [5.74, 6) is 0.344. The van der Waals surface area contributed by atoms with Crippen LogP contribution < -0.4 is 5.32 Å². The van der Waals surface area contributed by atoms with Crippen molar-refractivity contribution in [3.63, 3.8) is 0 Å². The Morgan fingerprint density at radius 2 is 2.00 bits per heavy atom. The number of benzene rings is 1. The molecule has 0 fully saturated rings. The molecular weight excluding hydrogens is 384 g/mol. The number of furan rings is 1. The number of hydrogen-bond acceptors (Lipinski definition) is 5. The van der Waals surface area contributed by atoms with E-state index in [0.29, 0.717) is 17.1 Å². The summed E-state index contributed by atoms with van der Waals surface area (Å²) in [6.07, 6.45) is 2.77. The fraction of sp³-hybridized carbons (Fsp3) is 0.304. The molecule has 0 spiro atoms. The van der Waals surface area contributed by atoms with Crippen LogP contribution in [0.1, 0.15) is 39.0 Å². The van der Waals surface area contributed by atoms with E-state index in [0.717, 1.165) is 11.1 Å². The molecule has 0 bridgehead atoms. The zero-order valence-corrected chi connectivity index (χ0v) is 17.4. The number of amides is 1. The Morgan fingerprint density at radius 3 is 2.70 bits per heavy atom. The smallest absolute Gasteiger partial charge is 0.418 e. The molecule has 1 aliphatic rings. The number of fused-ring (bicyclic) bond motifs is 1. The second-order valence-corrected chi connectivity index (χ2v) is 8.35. The van der Waals surface area contributed by atoms with Gasteiger partial charge in [-0.05, 0) is 69.7 Å². The maximum Gasteiger partial charge on any atom is 0.418 e. The average molecular weight is 408 g/mol. The Morgan fingerprint density at radius 1 is 1.20 bits per heavy atom. The molecule has 1 atom stereocenters. The van der Waals surface area contributed by atoms with Crippen LogP contribution in [-0.2, 0) is 19.9 Å². The van der Waals surface area contributed by atoms with Crippen molar-refractivity contribution in [1.29, 1.82) is 0 Å². The van der Waals surface area contributed by atoms with E-state index >= 15 is 0 Å². The molecule has 1 aliphatic heterocycles. The molecule has 1 unspecified atom stereocenters. The highest BCUT2D eigenvalue weighted by Gasteiger charge is 2.38. The summed E-state index contributed by atoms with van der Waals surface area (Å²) in [7, 11) is 0. The minimum absolute atomic E-state index is 0.102. The first kappa shape index (κ1) is 20.0. The molecule has 156 valence electrons. The van der Waals surface area contributed by atoms with Crippen molar-refractivity contribution >= 4 is 17.7 Å². The van der Waals surface area contributed by atoms with Crippen LogP contribution in [0.15, 0.2) is 59.3 Å². The Hall–Kier alpha value is -3.32. The molecule has 0 saturated carbocycles. The van der Waals surface area contributed by atoms with Gasteiger partial charge < -0.3 is 19.2 Å². The molecule has 0 radical (unpaired) electrons. The van der Waals surface area contributed by atoms with Crippen LogP contribution >= 0.6 is 0 Å². The predicted molar refractivity (Wildman–Crippen MR) is 111 cm³/mol. The summed E-state index contributed by atoms with van der Waals surface area (Å²) in [4.78, 5) is 24.8. The molecular formula is C23H24N2O5. The molecule has 1 amide bonds. The molecule has 4 rings (SSSR count). The van der Waals surface area contributed by atoms with Crippen molar-refractivity contribution < 1.29 is 23.5 Å². The number of anilines is 1. The Bertz CT molecular complexity index is 1090. The van der Waals surface area contributed by atoms with Crippen molar-refractivity contribution in [1.82, 2.24) is 4.57 Å². The van der Waals surface area contributed by atoms with Crippen LogP contribution in [0.3, 0.4) is 0 Å². The van der Waals surface area contributed by atoms with E-state index in [1.807, 2.05) is 58.0 Å². The maximum atomic E-state index is 12.7. The van der Waals surface area contributed by atoms with E-state index in [1.165, 1.54) is 4.57 Å². The molecule has 1 aromatic carbocycles. The third-order valence-electron chi connectivity index (χ3n) is 4.93. The minimum Gasteiger partial charge on any atom is -0.466 e. The number of carbonyl (C=O) groups is 2. The summed E-state index contributed by atoms with van der Waals surface area (Å²) in [6.45, 7) is 7.24. The van der Waals surface area contributed by atoms with Crippen molar-refractivity contribution in [2.24, 2.45) is 0 Å². The highest BCUT2D eigenvalue weighted by atomic mass is 16.6. The molecule has 0 aliphatic carbocycles. The Kier molecular flexibility index (Phi) is 4.78. The van der Waals surface area contributed by atoms with Crippen molar-refractivity contribution in [3.05, 3.63) is 66.2 Å². The molecule has 0 saturated heterocycles. The highest BCUT2D eigenvalue weighted by molar-refractivity contribution is 5.94. The Labute approximate surface area is 174 Å². The standard InChI is InChI=1S/C23H24N2O5/c1-22(2,3)30-21(27)25-11-5-7-18(25)15-9-10-17-16(13-15)23(4,19-8-6-12-28-19)29-14-20(26)24-17/h5-13H,14H2,1-4H3,(H,24,26). The van der Waals surface area contributed by atoms with Gasteiger partial charge in [0.05, 0.1) is 12.0 Å². The number of aromatic nitrogens is 1. The van der Waals surface area contributed by atoms with Gasteiger partial charge in [0.2, 0.25) is 5.91 Å². The summed E-state index contributed by atoms with van der Waals surface area (Å²) in [6, 6.07) is 12.8. The second-order valence-electron chi connectivity index (χ2n) is 8.35. The van der Waals surface area contributed by atoms with Gasteiger partial charge in [-0.15, -0.1) is 0 Å². The minimum atomic E-state index is -0.975. The van der Waals surface area contributed by atoms with Gasteiger partial charge in [0.1, 0.15) is 18.0 Å². The fourth-order valence-corrected chi connectivity index (χ4v) is 3.52. The Balaban J connectivity index is 1.81. The zero-order valence-electron chi connectivity index (χ0n) is 17.4. The highest BCUT2D eigenvalue weighted by Crippen LogP contribution is 2.41. The number of nitrogens with zero attached hydrogens (tertiary/aromatic N) is 1. The zero-order chi connectivity index (χ0) is 21.5. The van der Waals surface area contributed by atoms with Crippen LogP contribution in [0.4, 0.5) is 10.5 Å². The summed E-state index contributed by atoms with van der Waals surface area (Å²) in [5.41, 5.74) is 1.24. The molecule has 7 heteroatoms. The summed E-state index contributed by atoms with van der Waals surface area (Å²) >= 11 is 0. The molecule has 3 aromatic rings. The fourth-order valence-electron chi connectivity index (χ4n) is 3.52. The lowest BCUT2D eigenvalue weighted by atomic mass is 9.89. The van der Waals surface area contributed by atoms with Gasteiger partial charge in [-0.3, -0.25) is 9.36 Å². The third kappa shape index (κ3) is 3.64. The van der Waals surface area contributed by atoms with E-state index in [-0.39, 0.29) is 12.5 Å². The monoisotopic (exact) mass is 408 g/mol. The number of carbonyl (C=O) groups excluding carboxylic acids is 2. The second kappa shape index (κ2) is 7.18. The third-order valence-corrected chi connectivity index (χ3v) is 4.93. The van der Waals surface area contributed by atoms with Gasteiger partial charge in [-0.1, -0.05) is 6.07 Å². The van der Waals surface area contributed by atoms with Gasteiger partial charge in [-0.2, -0.15) is 0 Å². The van der Waals surface area contributed by atoms with E-state index in [9.17, 15) is 9.59 Å². The predicted octanol–water partition coefficient (Wildman–Crippen LogP) is 4.76. The summed E-state index contributed by atoms with van der Waals surface area (Å²) in [5, 5.41) is 2.88. The number of rotatable bonds is 2. The van der Waals surface area contributed by atoms with Gasteiger partial charge >= 0.3 is 6.09 Å². The largest absolute Gasteiger partial charge is 0.466 e. The van der Waals surface area contributed by atoms with E-state index < -0.39 is 17.3 Å². The molecule has 2 aromatic heterocycles. The summed E-state index contributed by atoms with van der Waals surface area (Å²) < 4.78 is 18.6. The van der Waals surface area contributed by atoms with Crippen molar-refractivity contribution in [2.75, 3.05) is 11.9 Å². The van der Waals surface area contributed by atoms with Gasteiger partial charge in [-0.25, -0.2) is 4.79 Å². The van der Waals surface area contributed by atoms with E-state index in [4.69, 9.17) is 13.9 Å².